The summed E-state index contributed by atoms with van der Waals surface area (Å²) in [4.78, 5) is 4.55. The number of aliphatic imine (C=N–C) groups is 1. The van der Waals surface area contributed by atoms with Crippen LogP contribution >= 0.6 is 0 Å². The second-order valence-corrected chi connectivity index (χ2v) is 8.10. The maximum atomic E-state index is 12.2. The van der Waals surface area contributed by atoms with Crippen molar-refractivity contribution in [2.75, 3.05) is 45.2 Å². The summed E-state index contributed by atoms with van der Waals surface area (Å²) in [6.45, 7) is 6.43. The second kappa shape index (κ2) is 13.7. The summed E-state index contributed by atoms with van der Waals surface area (Å²) in [5, 5.41) is 6.48. The van der Waals surface area contributed by atoms with Crippen LogP contribution in [0.3, 0.4) is 0 Å². The lowest BCUT2D eigenvalue weighted by atomic mass is 10.2. The van der Waals surface area contributed by atoms with Crippen LogP contribution in [0.15, 0.2) is 35.3 Å². The van der Waals surface area contributed by atoms with E-state index in [0.717, 1.165) is 43.9 Å². The summed E-state index contributed by atoms with van der Waals surface area (Å²) in [7, 11) is -0.880. The fraction of sp³-hybridized carbons (Fsp3) is 0.650. The number of ether oxygens (including phenoxy) is 2. The third-order valence-corrected chi connectivity index (χ3v) is 5.50. The van der Waals surface area contributed by atoms with Crippen molar-refractivity contribution in [3.05, 3.63) is 35.9 Å². The molecule has 1 aliphatic rings. The molecule has 0 radical (unpaired) electrons. The van der Waals surface area contributed by atoms with Gasteiger partial charge in [0, 0.05) is 55.2 Å². The molecule has 2 atom stereocenters. The highest BCUT2D eigenvalue weighted by Crippen LogP contribution is 2.11. The van der Waals surface area contributed by atoms with Crippen LogP contribution in [0.2, 0.25) is 0 Å². The minimum Gasteiger partial charge on any atom is -0.379 e. The summed E-state index contributed by atoms with van der Waals surface area (Å²) >= 11 is 0. The van der Waals surface area contributed by atoms with Crippen LogP contribution in [-0.4, -0.2) is 61.5 Å². The topological polar surface area (TPSA) is 72.0 Å². The van der Waals surface area contributed by atoms with Gasteiger partial charge in [0.05, 0.1) is 12.7 Å². The third kappa shape index (κ3) is 9.89. The lowest BCUT2D eigenvalue weighted by Gasteiger charge is -2.12. The smallest absolute Gasteiger partial charge is 0.191 e. The molecule has 2 N–H and O–H groups in total. The molecule has 1 aliphatic heterocycles. The largest absolute Gasteiger partial charge is 0.379 e. The normalized spacial score (nSPS) is 18.4. The molecule has 27 heavy (non-hydrogen) atoms. The molecule has 6 nitrogen and oxygen atoms in total. The van der Waals surface area contributed by atoms with E-state index in [9.17, 15) is 4.21 Å². The van der Waals surface area contributed by atoms with E-state index in [4.69, 9.17) is 9.47 Å². The first-order valence-electron chi connectivity index (χ1n) is 9.88. The van der Waals surface area contributed by atoms with Gasteiger partial charge in [-0.1, -0.05) is 30.3 Å². The Hall–Kier alpha value is -1.44. The first-order chi connectivity index (χ1) is 13.3. The quantitative estimate of drug-likeness (QED) is 0.322. The summed E-state index contributed by atoms with van der Waals surface area (Å²) in [5.41, 5.74) is 1.11. The Morgan fingerprint density at radius 3 is 2.93 bits per heavy atom. The molecule has 0 amide bonds. The van der Waals surface area contributed by atoms with Crippen molar-refractivity contribution in [2.45, 2.75) is 38.0 Å². The van der Waals surface area contributed by atoms with Crippen molar-refractivity contribution >= 4 is 16.8 Å². The number of hydrogen-bond acceptors (Lipinski definition) is 4. The number of benzene rings is 1. The zero-order chi connectivity index (χ0) is 19.2. The van der Waals surface area contributed by atoms with E-state index in [2.05, 4.69) is 15.6 Å². The molecule has 1 heterocycles. The van der Waals surface area contributed by atoms with Gasteiger partial charge in [0.2, 0.25) is 0 Å². The fourth-order valence-electron chi connectivity index (χ4n) is 2.81. The Labute approximate surface area is 165 Å². The minimum atomic E-state index is -0.880. The molecule has 0 bridgehead atoms. The molecular weight excluding hydrogens is 362 g/mol. The molecule has 0 spiro atoms. The molecule has 0 aromatic heterocycles. The van der Waals surface area contributed by atoms with E-state index in [1.165, 1.54) is 0 Å². The summed E-state index contributed by atoms with van der Waals surface area (Å²) in [6, 6.07) is 9.95. The first kappa shape index (κ1) is 21.9. The predicted octanol–water partition coefficient (Wildman–Crippen LogP) is 2.08. The van der Waals surface area contributed by atoms with Gasteiger partial charge in [-0.15, -0.1) is 0 Å². The van der Waals surface area contributed by atoms with Crippen LogP contribution in [0.4, 0.5) is 0 Å². The highest BCUT2D eigenvalue weighted by atomic mass is 32.2. The molecule has 7 heteroatoms. The van der Waals surface area contributed by atoms with Crippen molar-refractivity contribution in [2.24, 2.45) is 4.99 Å². The molecule has 2 unspecified atom stereocenters. The number of hydrogen-bond donors (Lipinski definition) is 2. The first-order valence-corrected chi connectivity index (χ1v) is 11.4. The van der Waals surface area contributed by atoms with Gasteiger partial charge < -0.3 is 20.1 Å². The van der Waals surface area contributed by atoms with Crippen LogP contribution in [0.5, 0.6) is 0 Å². The molecule has 0 saturated carbocycles. The molecule has 0 aliphatic carbocycles. The van der Waals surface area contributed by atoms with Gasteiger partial charge in [0.25, 0.3) is 0 Å². The highest BCUT2D eigenvalue weighted by Gasteiger charge is 2.14. The van der Waals surface area contributed by atoms with Crippen molar-refractivity contribution < 1.29 is 13.7 Å². The maximum Gasteiger partial charge on any atom is 0.191 e. The van der Waals surface area contributed by atoms with E-state index in [1.54, 1.807) is 0 Å². The Bertz CT molecular complexity index is 563. The zero-order valence-electron chi connectivity index (χ0n) is 16.3. The molecule has 1 aromatic carbocycles. The van der Waals surface area contributed by atoms with Gasteiger partial charge in [-0.05, 0) is 31.7 Å². The molecular formula is C20H33N3O3S. The zero-order valence-corrected chi connectivity index (χ0v) is 17.1. The van der Waals surface area contributed by atoms with Crippen molar-refractivity contribution in [3.8, 4) is 0 Å². The average molecular weight is 396 g/mol. The van der Waals surface area contributed by atoms with Gasteiger partial charge in [-0.2, -0.15) is 0 Å². The van der Waals surface area contributed by atoms with Crippen LogP contribution in [0.25, 0.3) is 0 Å². The maximum absolute atomic E-state index is 12.2. The van der Waals surface area contributed by atoms with Crippen LogP contribution in [0.1, 0.15) is 31.7 Å². The molecule has 152 valence electrons. The number of nitrogens with one attached hydrogen (secondary N) is 2. The van der Waals surface area contributed by atoms with Crippen LogP contribution in [0, 0.1) is 0 Å². The lowest BCUT2D eigenvalue weighted by Crippen LogP contribution is -2.39. The molecule has 1 aromatic rings. The summed E-state index contributed by atoms with van der Waals surface area (Å²) in [5.74, 6) is 1.97. The fourth-order valence-corrected chi connectivity index (χ4v) is 3.84. The van der Waals surface area contributed by atoms with E-state index in [0.29, 0.717) is 37.8 Å². The Balaban J connectivity index is 1.57. The van der Waals surface area contributed by atoms with Gasteiger partial charge in [0.15, 0.2) is 5.96 Å². The minimum absolute atomic E-state index is 0.282. The van der Waals surface area contributed by atoms with Gasteiger partial charge in [-0.3, -0.25) is 9.20 Å². The van der Waals surface area contributed by atoms with Gasteiger partial charge in [-0.25, -0.2) is 0 Å². The van der Waals surface area contributed by atoms with Gasteiger partial charge >= 0.3 is 0 Å². The second-order valence-electron chi connectivity index (χ2n) is 6.52. The molecule has 1 fully saturated rings. The van der Waals surface area contributed by atoms with Crippen molar-refractivity contribution in [3.63, 3.8) is 0 Å². The number of nitrogens with zero attached hydrogens (tertiary/aromatic N) is 1. The lowest BCUT2D eigenvalue weighted by molar-refractivity contribution is 0.0171. The third-order valence-electron chi connectivity index (χ3n) is 4.18. The summed E-state index contributed by atoms with van der Waals surface area (Å²) < 4.78 is 23.4. The summed E-state index contributed by atoms with van der Waals surface area (Å²) in [6.07, 6.45) is 3.41. The average Bonchev–Trinajstić information content (AvgIpc) is 3.18. The predicted molar refractivity (Wildman–Crippen MR) is 112 cm³/mol. The highest BCUT2D eigenvalue weighted by molar-refractivity contribution is 7.84. The Morgan fingerprint density at radius 1 is 1.33 bits per heavy atom. The molecule has 2 rings (SSSR count). The Kier molecular flexibility index (Phi) is 11.1. The van der Waals surface area contributed by atoms with E-state index in [1.807, 2.05) is 37.3 Å². The van der Waals surface area contributed by atoms with Gasteiger partial charge in [0.1, 0.15) is 0 Å². The van der Waals surface area contributed by atoms with Crippen LogP contribution < -0.4 is 10.6 Å². The van der Waals surface area contributed by atoms with E-state index < -0.39 is 10.8 Å². The molecule has 1 saturated heterocycles. The standard InChI is InChI=1S/C20H33N3O3S/c1-2-21-20(22-11-7-13-25-16-19-10-6-14-26-19)23-12-15-27(24)17-18-8-4-3-5-9-18/h3-5,8-9,19H,2,6-7,10-17H2,1H3,(H2,21,22,23). The van der Waals surface area contributed by atoms with E-state index in [-0.39, 0.29) is 6.10 Å². The van der Waals surface area contributed by atoms with E-state index >= 15 is 0 Å². The van der Waals surface area contributed by atoms with Crippen molar-refractivity contribution in [1.82, 2.24) is 10.6 Å². The van der Waals surface area contributed by atoms with Crippen LogP contribution in [-0.2, 0) is 26.0 Å². The number of guanidine groups is 1. The van der Waals surface area contributed by atoms with Crippen molar-refractivity contribution in [1.29, 1.82) is 0 Å². The number of rotatable bonds is 12. The SMILES string of the molecule is CCNC(=NCCCOCC1CCCO1)NCCS(=O)Cc1ccccc1. The Morgan fingerprint density at radius 2 is 2.19 bits per heavy atom. The monoisotopic (exact) mass is 395 g/mol.